The van der Waals surface area contributed by atoms with Crippen LogP contribution in [0.5, 0.6) is 0 Å². The molecule has 1 saturated heterocycles. The molecular weight excluding hydrogens is 402 g/mol. The summed E-state index contributed by atoms with van der Waals surface area (Å²) in [4.78, 5) is 16.0. The minimum Gasteiger partial charge on any atom is -0.352 e. The summed E-state index contributed by atoms with van der Waals surface area (Å²) < 4.78 is 2.24. The van der Waals surface area contributed by atoms with Crippen LogP contribution >= 0.6 is 0 Å². The minimum absolute atomic E-state index is 0.0592. The van der Waals surface area contributed by atoms with Crippen molar-refractivity contribution in [3.8, 4) is 0 Å². The summed E-state index contributed by atoms with van der Waals surface area (Å²) in [6, 6.07) is 6.24. The zero-order valence-electron chi connectivity index (χ0n) is 19.0. The molecule has 166 valence electrons. The fourth-order valence-electron chi connectivity index (χ4n) is 4.37. The lowest BCUT2D eigenvalue weighted by Crippen LogP contribution is -2.57. The highest BCUT2D eigenvalue weighted by atomic mass is 15.3. The van der Waals surface area contributed by atoms with Crippen LogP contribution in [-0.2, 0) is 0 Å². The van der Waals surface area contributed by atoms with Crippen LogP contribution in [0.1, 0.15) is 40.2 Å². The Morgan fingerprint density at radius 2 is 2.03 bits per heavy atom. The van der Waals surface area contributed by atoms with Crippen LogP contribution in [0.2, 0.25) is 0 Å². The fraction of sp³-hybridized carbons (Fsp3) is 0.435. The van der Waals surface area contributed by atoms with E-state index in [0.717, 1.165) is 53.8 Å². The Morgan fingerprint density at radius 1 is 1.16 bits per heavy atom. The first-order valence-corrected chi connectivity index (χ1v) is 11.2. The molecule has 2 N–H and O–H groups in total. The lowest BCUT2D eigenvalue weighted by Gasteiger charge is -2.39. The number of anilines is 3. The molecule has 1 aliphatic heterocycles. The summed E-state index contributed by atoms with van der Waals surface area (Å²) in [5.41, 5.74) is 2.03. The van der Waals surface area contributed by atoms with Crippen molar-refractivity contribution >= 4 is 39.5 Å². The van der Waals surface area contributed by atoms with Gasteiger partial charge in [-0.3, -0.25) is 4.98 Å². The molecule has 32 heavy (non-hydrogen) atoms. The Labute approximate surface area is 187 Å². The van der Waals surface area contributed by atoms with Crippen molar-refractivity contribution in [3.63, 3.8) is 0 Å². The summed E-state index contributed by atoms with van der Waals surface area (Å²) in [6.45, 7) is 11.5. The highest BCUT2D eigenvalue weighted by Gasteiger charge is 2.26. The highest BCUT2D eigenvalue weighted by Crippen LogP contribution is 2.31. The summed E-state index contributed by atoms with van der Waals surface area (Å²) >= 11 is 0. The largest absolute Gasteiger partial charge is 0.352 e. The number of rotatable bonds is 5. The second kappa shape index (κ2) is 7.98. The van der Waals surface area contributed by atoms with Crippen LogP contribution in [0.3, 0.4) is 0 Å². The van der Waals surface area contributed by atoms with Crippen LogP contribution in [0.25, 0.3) is 21.9 Å². The zero-order chi connectivity index (χ0) is 22.3. The quantitative estimate of drug-likeness (QED) is 0.494. The molecule has 0 aromatic carbocycles. The predicted molar refractivity (Wildman–Crippen MR) is 127 cm³/mol. The smallest absolute Gasteiger partial charge is 0.230 e. The van der Waals surface area contributed by atoms with Gasteiger partial charge < -0.3 is 20.1 Å². The normalized spacial score (nSPS) is 17.1. The minimum atomic E-state index is 0.0592. The molecule has 0 bridgehead atoms. The average Bonchev–Trinajstić information content (AvgIpc) is 3.12. The van der Waals surface area contributed by atoms with Crippen LogP contribution in [0.4, 0.5) is 17.6 Å². The number of fused-ring (bicyclic) bond motifs is 3. The maximum Gasteiger partial charge on any atom is 0.230 e. The highest BCUT2D eigenvalue weighted by molar-refractivity contribution is 6.06. The maximum atomic E-state index is 4.83. The van der Waals surface area contributed by atoms with E-state index in [2.05, 4.69) is 68.0 Å². The van der Waals surface area contributed by atoms with E-state index in [0.29, 0.717) is 17.8 Å². The Morgan fingerprint density at radius 3 is 2.78 bits per heavy atom. The van der Waals surface area contributed by atoms with Gasteiger partial charge in [-0.15, -0.1) is 10.2 Å². The Balaban J connectivity index is 1.44. The average molecular weight is 432 g/mol. The molecule has 5 rings (SSSR count). The lowest BCUT2D eigenvalue weighted by molar-refractivity contribution is 0.351. The van der Waals surface area contributed by atoms with Gasteiger partial charge in [0.25, 0.3) is 0 Å². The first kappa shape index (κ1) is 20.6. The number of pyridine rings is 1. The van der Waals surface area contributed by atoms with E-state index < -0.39 is 0 Å². The topological polar surface area (TPSA) is 96.7 Å². The molecule has 0 aliphatic carbocycles. The second-order valence-electron chi connectivity index (χ2n) is 9.08. The fourth-order valence-corrected chi connectivity index (χ4v) is 4.37. The molecule has 1 fully saturated rings. The van der Waals surface area contributed by atoms with Gasteiger partial charge in [-0.25, -0.2) is 4.98 Å². The van der Waals surface area contributed by atoms with Gasteiger partial charge in [-0.2, -0.15) is 4.98 Å². The van der Waals surface area contributed by atoms with Crippen molar-refractivity contribution in [2.45, 2.75) is 45.7 Å². The van der Waals surface area contributed by atoms with Crippen molar-refractivity contribution < 1.29 is 0 Å². The van der Waals surface area contributed by atoms with Crippen LogP contribution in [0.15, 0.2) is 36.8 Å². The third-order valence-electron chi connectivity index (χ3n) is 6.16. The summed E-state index contributed by atoms with van der Waals surface area (Å²) in [7, 11) is 0. The number of piperazine rings is 1. The first-order chi connectivity index (χ1) is 15.4. The third-order valence-corrected chi connectivity index (χ3v) is 6.16. The van der Waals surface area contributed by atoms with E-state index in [1.165, 1.54) is 0 Å². The van der Waals surface area contributed by atoms with E-state index >= 15 is 0 Å². The Kier molecular flexibility index (Phi) is 5.13. The van der Waals surface area contributed by atoms with E-state index in [4.69, 9.17) is 4.98 Å². The molecule has 4 aromatic rings. The molecule has 0 saturated carbocycles. The SMILES string of the molecule is CC[C@@H](C)n1c2cnccc2c2cnc(Nc3ccc(N4CCNC(C)(C)C4)nn3)nc21. The van der Waals surface area contributed by atoms with E-state index in [1.54, 1.807) is 0 Å². The molecule has 1 atom stereocenters. The number of aromatic nitrogens is 6. The van der Waals surface area contributed by atoms with E-state index in [9.17, 15) is 0 Å². The van der Waals surface area contributed by atoms with Crippen molar-refractivity contribution in [1.29, 1.82) is 0 Å². The maximum absolute atomic E-state index is 4.83. The van der Waals surface area contributed by atoms with Crippen LogP contribution in [0, 0.1) is 0 Å². The summed E-state index contributed by atoms with van der Waals surface area (Å²) in [5, 5.41) is 17.7. The molecule has 0 spiro atoms. The monoisotopic (exact) mass is 431 g/mol. The molecule has 0 unspecified atom stereocenters. The van der Waals surface area contributed by atoms with Crippen LogP contribution < -0.4 is 15.5 Å². The number of hydrogen-bond acceptors (Lipinski definition) is 8. The summed E-state index contributed by atoms with van der Waals surface area (Å²) in [5.74, 6) is 2.00. The molecule has 9 heteroatoms. The predicted octanol–water partition coefficient (Wildman–Crippen LogP) is 3.67. The van der Waals surface area contributed by atoms with E-state index in [1.807, 2.05) is 36.8 Å². The number of nitrogens with one attached hydrogen (secondary N) is 2. The van der Waals surface area contributed by atoms with Gasteiger partial charge in [0.1, 0.15) is 5.65 Å². The van der Waals surface area contributed by atoms with Gasteiger partial charge in [0.05, 0.1) is 11.7 Å². The Hall–Kier alpha value is -3.33. The lowest BCUT2D eigenvalue weighted by atomic mass is 10.0. The third kappa shape index (κ3) is 3.73. The molecule has 9 nitrogen and oxygen atoms in total. The molecular formula is C23H29N9. The molecule has 1 aliphatic rings. The second-order valence-corrected chi connectivity index (χ2v) is 9.08. The Bertz CT molecular complexity index is 1250. The standard InChI is InChI=1S/C23H29N9/c1-5-15(2)32-18-13-24-9-8-16(18)17-12-25-22(28-21(17)32)27-19-6-7-20(30-29-19)31-11-10-26-23(3,4)14-31/h6-9,12-13,15,26H,5,10-11,14H2,1-4H3,(H,25,27,28,29)/t15-/m1/s1. The van der Waals surface area contributed by atoms with Gasteiger partial charge in [-0.1, -0.05) is 6.92 Å². The van der Waals surface area contributed by atoms with Gasteiger partial charge in [0.15, 0.2) is 11.6 Å². The van der Waals surface area contributed by atoms with Gasteiger partial charge in [0.2, 0.25) is 5.95 Å². The zero-order valence-corrected chi connectivity index (χ0v) is 19.0. The number of nitrogens with zero attached hydrogens (tertiary/aromatic N) is 7. The first-order valence-electron chi connectivity index (χ1n) is 11.2. The van der Waals surface area contributed by atoms with Crippen LogP contribution in [-0.4, -0.2) is 54.9 Å². The van der Waals surface area contributed by atoms with Crippen molar-refractivity contribution in [2.24, 2.45) is 0 Å². The van der Waals surface area contributed by atoms with Crippen molar-refractivity contribution in [1.82, 2.24) is 35.0 Å². The molecule has 0 radical (unpaired) electrons. The van der Waals surface area contributed by atoms with Gasteiger partial charge in [-0.05, 0) is 45.4 Å². The molecule has 5 heterocycles. The number of hydrogen-bond donors (Lipinski definition) is 2. The van der Waals surface area contributed by atoms with Gasteiger partial charge in [0, 0.05) is 54.4 Å². The van der Waals surface area contributed by atoms with Crippen molar-refractivity contribution in [3.05, 3.63) is 36.8 Å². The summed E-state index contributed by atoms with van der Waals surface area (Å²) in [6.07, 6.45) is 6.58. The van der Waals surface area contributed by atoms with Crippen molar-refractivity contribution in [2.75, 3.05) is 29.9 Å². The molecule has 4 aromatic heterocycles. The van der Waals surface area contributed by atoms with E-state index in [-0.39, 0.29) is 5.54 Å². The van der Waals surface area contributed by atoms with Gasteiger partial charge >= 0.3 is 0 Å². The molecule has 0 amide bonds.